The summed E-state index contributed by atoms with van der Waals surface area (Å²) in [7, 11) is 0. The summed E-state index contributed by atoms with van der Waals surface area (Å²) in [5, 5.41) is 4.07. The third kappa shape index (κ3) is 3.78. The molecule has 108 valence electrons. The van der Waals surface area contributed by atoms with Crippen LogP contribution in [-0.4, -0.2) is 12.1 Å². The summed E-state index contributed by atoms with van der Waals surface area (Å²) < 4.78 is 0. The van der Waals surface area contributed by atoms with Crippen molar-refractivity contribution in [1.29, 1.82) is 0 Å². The minimum atomic E-state index is -0.197. The van der Waals surface area contributed by atoms with E-state index in [0.29, 0.717) is 5.56 Å². The van der Waals surface area contributed by atoms with Gasteiger partial charge < -0.3 is 0 Å². The first kappa shape index (κ1) is 15.0. The molecule has 2 rings (SSSR count). The molecule has 0 unspecified atom stereocenters. The molecule has 21 heavy (non-hydrogen) atoms. The van der Waals surface area contributed by atoms with Gasteiger partial charge in [-0.1, -0.05) is 35.4 Å². The lowest BCUT2D eigenvalue weighted by molar-refractivity contribution is 0.0955. The van der Waals surface area contributed by atoms with E-state index in [2.05, 4.69) is 29.6 Å². The molecule has 2 aromatic rings. The van der Waals surface area contributed by atoms with E-state index < -0.39 is 0 Å². The van der Waals surface area contributed by atoms with Crippen LogP contribution in [0.5, 0.6) is 0 Å². The third-order valence-electron chi connectivity index (χ3n) is 3.38. The Labute approximate surface area is 125 Å². The zero-order valence-electron chi connectivity index (χ0n) is 12.9. The largest absolute Gasteiger partial charge is 0.271 e. The van der Waals surface area contributed by atoms with Crippen LogP contribution >= 0.6 is 0 Å². The minimum absolute atomic E-state index is 0.197. The summed E-state index contributed by atoms with van der Waals surface area (Å²) in [6.07, 6.45) is 1.71. The molecule has 0 aliphatic carbocycles. The number of rotatable bonds is 3. The number of benzene rings is 2. The fraction of sp³-hybridized carbons (Fsp3) is 0.222. The lowest BCUT2D eigenvalue weighted by atomic mass is 10.0. The van der Waals surface area contributed by atoms with Crippen LogP contribution in [0.25, 0.3) is 0 Å². The van der Waals surface area contributed by atoms with Gasteiger partial charge in [-0.15, -0.1) is 0 Å². The number of nitrogens with zero attached hydrogens (tertiary/aromatic N) is 1. The van der Waals surface area contributed by atoms with Gasteiger partial charge in [0.05, 0.1) is 6.21 Å². The van der Waals surface area contributed by atoms with Crippen LogP contribution in [0.4, 0.5) is 0 Å². The Kier molecular flexibility index (Phi) is 4.53. The van der Waals surface area contributed by atoms with Crippen LogP contribution in [0.3, 0.4) is 0 Å². The normalized spacial score (nSPS) is 10.9. The number of aryl methyl sites for hydroxylation is 4. The number of carbonyl (C=O) groups is 1. The van der Waals surface area contributed by atoms with Crippen LogP contribution < -0.4 is 5.43 Å². The van der Waals surface area contributed by atoms with E-state index in [0.717, 1.165) is 22.3 Å². The molecular weight excluding hydrogens is 260 g/mol. The Balaban J connectivity index is 2.11. The summed E-state index contributed by atoms with van der Waals surface area (Å²) in [6, 6.07) is 11.7. The van der Waals surface area contributed by atoms with Crippen LogP contribution in [0, 0.1) is 27.7 Å². The molecule has 3 heteroatoms. The molecule has 0 bridgehead atoms. The van der Waals surface area contributed by atoms with Crippen LogP contribution in [0.1, 0.15) is 38.2 Å². The van der Waals surface area contributed by atoms with Crippen molar-refractivity contribution in [3.8, 4) is 0 Å². The van der Waals surface area contributed by atoms with Gasteiger partial charge in [-0.2, -0.15) is 5.10 Å². The smallest absolute Gasteiger partial charge is 0.267 e. The molecule has 0 fully saturated rings. The van der Waals surface area contributed by atoms with Gasteiger partial charge in [0.1, 0.15) is 0 Å². The van der Waals surface area contributed by atoms with E-state index in [9.17, 15) is 4.79 Å². The highest BCUT2D eigenvalue weighted by Crippen LogP contribution is 2.14. The van der Waals surface area contributed by atoms with Gasteiger partial charge in [0.25, 0.3) is 5.91 Å². The first-order valence-corrected chi connectivity index (χ1v) is 6.95. The molecule has 0 radical (unpaired) electrons. The van der Waals surface area contributed by atoms with Gasteiger partial charge in [-0.3, -0.25) is 4.79 Å². The number of amides is 1. The standard InChI is InChI=1S/C18H20N2O/c1-12-6-5-7-16(10-12)18(21)20-19-11-17-14(3)8-13(2)9-15(17)4/h5-11H,1-4H3,(H,20,21). The summed E-state index contributed by atoms with van der Waals surface area (Å²) in [6.45, 7) is 8.12. The van der Waals surface area contributed by atoms with Crippen molar-refractivity contribution < 1.29 is 4.79 Å². The molecule has 0 heterocycles. The second-order valence-electron chi connectivity index (χ2n) is 5.38. The maximum Gasteiger partial charge on any atom is 0.271 e. The highest BCUT2D eigenvalue weighted by atomic mass is 16.2. The third-order valence-corrected chi connectivity index (χ3v) is 3.38. The van der Waals surface area contributed by atoms with Crippen molar-refractivity contribution in [3.05, 3.63) is 69.8 Å². The predicted octanol–water partition coefficient (Wildman–Crippen LogP) is 3.68. The van der Waals surface area contributed by atoms with E-state index in [1.807, 2.05) is 39.0 Å². The molecule has 0 saturated heterocycles. The van der Waals surface area contributed by atoms with Gasteiger partial charge in [-0.25, -0.2) is 5.43 Å². The van der Waals surface area contributed by atoms with Gasteiger partial charge in [0.2, 0.25) is 0 Å². The molecule has 0 aliphatic heterocycles. The van der Waals surface area contributed by atoms with Crippen molar-refractivity contribution in [2.75, 3.05) is 0 Å². The van der Waals surface area contributed by atoms with Crippen LogP contribution in [0.15, 0.2) is 41.5 Å². The maximum atomic E-state index is 12.0. The zero-order chi connectivity index (χ0) is 15.4. The minimum Gasteiger partial charge on any atom is -0.267 e. The molecule has 1 amide bonds. The van der Waals surface area contributed by atoms with Gasteiger partial charge >= 0.3 is 0 Å². The van der Waals surface area contributed by atoms with E-state index in [1.54, 1.807) is 12.3 Å². The van der Waals surface area contributed by atoms with Crippen LogP contribution in [0.2, 0.25) is 0 Å². The first-order valence-electron chi connectivity index (χ1n) is 6.95. The zero-order valence-corrected chi connectivity index (χ0v) is 12.9. The van der Waals surface area contributed by atoms with E-state index in [4.69, 9.17) is 0 Å². The molecule has 0 saturated carbocycles. The Bertz CT molecular complexity index is 679. The highest BCUT2D eigenvalue weighted by Gasteiger charge is 2.04. The second-order valence-corrected chi connectivity index (χ2v) is 5.38. The van der Waals surface area contributed by atoms with Crippen molar-refractivity contribution in [1.82, 2.24) is 5.43 Å². The van der Waals surface area contributed by atoms with Gasteiger partial charge in [0, 0.05) is 11.1 Å². The fourth-order valence-electron chi connectivity index (χ4n) is 2.40. The lowest BCUT2D eigenvalue weighted by Gasteiger charge is -2.06. The predicted molar refractivity (Wildman–Crippen MR) is 86.9 cm³/mol. The Hall–Kier alpha value is -2.42. The average Bonchev–Trinajstić information content (AvgIpc) is 2.41. The lowest BCUT2D eigenvalue weighted by Crippen LogP contribution is -2.17. The summed E-state index contributed by atoms with van der Waals surface area (Å²) in [4.78, 5) is 12.0. The molecular formula is C18H20N2O. The fourth-order valence-corrected chi connectivity index (χ4v) is 2.40. The summed E-state index contributed by atoms with van der Waals surface area (Å²) in [5.74, 6) is -0.197. The molecule has 2 aromatic carbocycles. The molecule has 3 nitrogen and oxygen atoms in total. The average molecular weight is 280 g/mol. The topological polar surface area (TPSA) is 41.5 Å². The Morgan fingerprint density at radius 2 is 1.67 bits per heavy atom. The molecule has 0 spiro atoms. The monoisotopic (exact) mass is 280 g/mol. The van der Waals surface area contributed by atoms with Crippen molar-refractivity contribution in [2.24, 2.45) is 5.10 Å². The number of hydrazone groups is 1. The number of nitrogens with one attached hydrogen (secondary N) is 1. The van der Waals surface area contributed by atoms with Crippen molar-refractivity contribution in [2.45, 2.75) is 27.7 Å². The Morgan fingerprint density at radius 1 is 1.00 bits per heavy atom. The highest BCUT2D eigenvalue weighted by molar-refractivity contribution is 5.95. The van der Waals surface area contributed by atoms with E-state index in [-0.39, 0.29) is 5.91 Å². The molecule has 0 aliphatic rings. The van der Waals surface area contributed by atoms with Gasteiger partial charge in [-0.05, 0) is 51.0 Å². The summed E-state index contributed by atoms with van der Waals surface area (Å²) in [5.41, 5.74) is 8.82. The van der Waals surface area contributed by atoms with Gasteiger partial charge in [0.15, 0.2) is 0 Å². The van der Waals surface area contributed by atoms with Crippen molar-refractivity contribution >= 4 is 12.1 Å². The SMILES string of the molecule is Cc1cccc(C(=O)NN=Cc2c(C)cc(C)cc2C)c1. The molecule has 0 atom stereocenters. The van der Waals surface area contributed by atoms with E-state index in [1.165, 1.54) is 5.56 Å². The van der Waals surface area contributed by atoms with Crippen LogP contribution in [-0.2, 0) is 0 Å². The number of hydrogen-bond donors (Lipinski definition) is 1. The number of hydrogen-bond acceptors (Lipinski definition) is 2. The first-order chi connectivity index (χ1) is 9.97. The second kappa shape index (κ2) is 6.35. The van der Waals surface area contributed by atoms with E-state index >= 15 is 0 Å². The quantitative estimate of drug-likeness (QED) is 0.676. The molecule has 0 aromatic heterocycles. The maximum absolute atomic E-state index is 12.0. The summed E-state index contributed by atoms with van der Waals surface area (Å²) >= 11 is 0. The molecule has 1 N–H and O–H groups in total. The Morgan fingerprint density at radius 3 is 2.29 bits per heavy atom. The van der Waals surface area contributed by atoms with Crippen molar-refractivity contribution in [3.63, 3.8) is 0 Å². The number of carbonyl (C=O) groups excluding carboxylic acids is 1.